The molecule has 126 valence electrons. The van der Waals surface area contributed by atoms with Crippen molar-refractivity contribution in [2.45, 2.75) is 26.6 Å². The van der Waals surface area contributed by atoms with Crippen molar-refractivity contribution in [1.82, 2.24) is 14.4 Å². The van der Waals surface area contributed by atoms with Crippen LogP contribution in [0.1, 0.15) is 17.4 Å². The van der Waals surface area contributed by atoms with Crippen LogP contribution in [0.15, 0.2) is 48.0 Å². The molecule has 3 nitrogen and oxygen atoms in total. The Hall–Kier alpha value is -1.62. The second-order valence-corrected chi connectivity index (χ2v) is 7.66. The summed E-state index contributed by atoms with van der Waals surface area (Å²) in [6, 6.07) is 13.5. The highest BCUT2D eigenvalue weighted by Crippen LogP contribution is 2.20. The molecule has 0 amide bonds. The topological polar surface area (TPSA) is 11.4 Å². The lowest BCUT2D eigenvalue weighted by molar-refractivity contribution is 0.123. The zero-order valence-corrected chi connectivity index (χ0v) is 15.1. The number of hydrogen-bond donors (Lipinski definition) is 0. The van der Waals surface area contributed by atoms with Crippen molar-refractivity contribution in [3.63, 3.8) is 0 Å². The maximum absolute atomic E-state index is 2.59. The third-order valence-corrected chi connectivity index (χ3v) is 5.87. The fraction of sp³-hybridized carbons (Fsp3) is 0.400. The van der Waals surface area contributed by atoms with Gasteiger partial charge in [0.25, 0.3) is 0 Å². The molecule has 1 aromatic carbocycles. The average Bonchev–Trinajstić information content (AvgIpc) is 3.25. The molecule has 0 saturated carbocycles. The Morgan fingerprint density at radius 1 is 0.958 bits per heavy atom. The third-order valence-electron chi connectivity index (χ3n) is 5.01. The van der Waals surface area contributed by atoms with E-state index >= 15 is 0 Å². The van der Waals surface area contributed by atoms with E-state index in [0.29, 0.717) is 0 Å². The summed E-state index contributed by atoms with van der Waals surface area (Å²) >= 11 is 1.87. The van der Waals surface area contributed by atoms with Crippen LogP contribution in [0.25, 0.3) is 10.9 Å². The molecule has 2 aromatic heterocycles. The molecule has 3 heterocycles. The summed E-state index contributed by atoms with van der Waals surface area (Å²) in [7, 11) is 0. The number of nitrogens with zero attached hydrogens (tertiary/aromatic N) is 3. The molecule has 1 fully saturated rings. The summed E-state index contributed by atoms with van der Waals surface area (Å²) < 4.78 is 2.33. The Kier molecular flexibility index (Phi) is 4.69. The SMILES string of the molecule is CCn1ccc2ccc(CN3CCN(Cc4cccs4)CC3)cc21. The molecule has 24 heavy (non-hydrogen) atoms. The minimum absolute atomic E-state index is 1.04. The predicted molar refractivity (Wildman–Crippen MR) is 102 cm³/mol. The molecule has 0 N–H and O–H groups in total. The van der Waals surface area contributed by atoms with Gasteiger partial charge in [-0.2, -0.15) is 0 Å². The summed E-state index contributed by atoms with van der Waals surface area (Å²) in [5.41, 5.74) is 2.80. The lowest BCUT2D eigenvalue weighted by Crippen LogP contribution is -2.45. The molecular weight excluding hydrogens is 314 g/mol. The first-order valence-corrected chi connectivity index (χ1v) is 9.74. The van der Waals surface area contributed by atoms with Gasteiger partial charge in [0.1, 0.15) is 0 Å². The minimum Gasteiger partial charge on any atom is -0.348 e. The summed E-state index contributed by atoms with van der Waals surface area (Å²) in [5, 5.41) is 3.52. The van der Waals surface area contributed by atoms with Gasteiger partial charge in [0, 0.05) is 62.4 Å². The normalized spacial score (nSPS) is 16.9. The Morgan fingerprint density at radius 3 is 2.46 bits per heavy atom. The highest BCUT2D eigenvalue weighted by Gasteiger charge is 2.17. The summed E-state index contributed by atoms with van der Waals surface area (Å²) in [6.07, 6.45) is 2.19. The van der Waals surface area contributed by atoms with Crippen molar-refractivity contribution in [3.05, 3.63) is 58.4 Å². The lowest BCUT2D eigenvalue weighted by Gasteiger charge is -2.34. The average molecular weight is 340 g/mol. The van der Waals surface area contributed by atoms with Crippen molar-refractivity contribution < 1.29 is 0 Å². The van der Waals surface area contributed by atoms with Gasteiger partial charge in [-0.05, 0) is 41.5 Å². The number of benzene rings is 1. The highest BCUT2D eigenvalue weighted by atomic mass is 32.1. The largest absolute Gasteiger partial charge is 0.348 e. The molecule has 3 aromatic rings. The van der Waals surface area contributed by atoms with Gasteiger partial charge in [-0.3, -0.25) is 9.80 Å². The van der Waals surface area contributed by atoms with Gasteiger partial charge in [-0.15, -0.1) is 11.3 Å². The van der Waals surface area contributed by atoms with E-state index in [1.165, 1.54) is 34.4 Å². The number of aromatic nitrogens is 1. The summed E-state index contributed by atoms with van der Waals surface area (Å²) in [4.78, 5) is 6.65. The van der Waals surface area contributed by atoms with Crippen LogP contribution in [-0.4, -0.2) is 40.5 Å². The second-order valence-electron chi connectivity index (χ2n) is 6.63. The van der Waals surface area contributed by atoms with Crippen LogP contribution in [0.4, 0.5) is 0 Å². The first kappa shape index (κ1) is 15.9. The second kappa shape index (κ2) is 7.09. The Bertz CT molecular complexity index is 782. The van der Waals surface area contributed by atoms with Crippen LogP contribution < -0.4 is 0 Å². The Morgan fingerprint density at radius 2 is 1.75 bits per heavy atom. The number of thiophene rings is 1. The first-order chi connectivity index (χ1) is 11.8. The third kappa shape index (κ3) is 3.41. The number of aryl methyl sites for hydroxylation is 1. The van der Waals surface area contributed by atoms with Gasteiger partial charge in [-0.25, -0.2) is 0 Å². The zero-order valence-electron chi connectivity index (χ0n) is 14.3. The van der Waals surface area contributed by atoms with E-state index in [9.17, 15) is 0 Å². The maximum atomic E-state index is 2.59. The van der Waals surface area contributed by atoms with E-state index in [1.807, 2.05) is 11.3 Å². The van der Waals surface area contributed by atoms with Crippen molar-refractivity contribution >= 4 is 22.2 Å². The summed E-state index contributed by atoms with van der Waals surface area (Å²) in [6.45, 7) is 10.1. The molecule has 1 aliphatic heterocycles. The van der Waals surface area contributed by atoms with Gasteiger partial charge in [0.2, 0.25) is 0 Å². The van der Waals surface area contributed by atoms with Crippen molar-refractivity contribution in [2.75, 3.05) is 26.2 Å². The van der Waals surface area contributed by atoms with E-state index in [0.717, 1.165) is 32.7 Å². The van der Waals surface area contributed by atoms with E-state index in [-0.39, 0.29) is 0 Å². The highest BCUT2D eigenvalue weighted by molar-refractivity contribution is 7.09. The van der Waals surface area contributed by atoms with Crippen LogP contribution in [0.2, 0.25) is 0 Å². The van der Waals surface area contributed by atoms with Crippen LogP contribution in [0, 0.1) is 0 Å². The van der Waals surface area contributed by atoms with Gasteiger partial charge in [0.15, 0.2) is 0 Å². The molecular formula is C20H25N3S. The number of rotatable bonds is 5. The quantitative estimate of drug-likeness (QED) is 0.695. The van der Waals surface area contributed by atoms with Gasteiger partial charge in [-0.1, -0.05) is 18.2 Å². The number of hydrogen-bond acceptors (Lipinski definition) is 3. The molecule has 0 bridgehead atoms. The molecule has 4 rings (SSSR count). The van der Waals surface area contributed by atoms with Crippen molar-refractivity contribution in [1.29, 1.82) is 0 Å². The monoisotopic (exact) mass is 339 g/mol. The smallest absolute Gasteiger partial charge is 0.0483 e. The standard InChI is InChI=1S/C20H25N3S/c1-2-23-8-7-18-6-5-17(14-20(18)23)15-21-9-11-22(12-10-21)16-19-4-3-13-24-19/h3-8,13-14H,2,9-12,15-16H2,1H3. The van der Waals surface area contributed by atoms with Gasteiger partial charge >= 0.3 is 0 Å². The van der Waals surface area contributed by atoms with Crippen molar-refractivity contribution in [3.8, 4) is 0 Å². The van der Waals surface area contributed by atoms with Crippen LogP contribution in [0.5, 0.6) is 0 Å². The fourth-order valence-corrected chi connectivity index (χ4v) is 4.34. The van der Waals surface area contributed by atoms with Gasteiger partial charge < -0.3 is 4.57 Å². The molecule has 0 spiro atoms. The van der Waals surface area contributed by atoms with Crippen LogP contribution in [-0.2, 0) is 19.6 Å². The van der Waals surface area contributed by atoms with E-state index in [2.05, 4.69) is 69.3 Å². The fourth-order valence-electron chi connectivity index (χ4n) is 3.59. The molecule has 0 atom stereocenters. The predicted octanol–water partition coefficient (Wildman–Crippen LogP) is 4.04. The zero-order chi connectivity index (χ0) is 16.4. The number of piperazine rings is 1. The molecule has 0 radical (unpaired) electrons. The lowest BCUT2D eigenvalue weighted by atomic mass is 10.1. The van der Waals surface area contributed by atoms with Crippen LogP contribution in [0.3, 0.4) is 0 Å². The maximum Gasteiger partial charge on any atom is 0.0483 e. The van der Waals surface area contributed by atoms with E-state index in [1.54, 1.807) is 0 Å². The molecule has 4 heteroatoms. The minimum atomic E-state index is 1.04. The Balaban J connectivity index is 1.36. The molecule has 1 saturated heterocycles. The van der Waals surface area contributed by atoms with Crippen LogP contribution >= 0.6 is 11.3 Å². The molecule has 1 aliphatic rings. The van der Waals surface area contributed by atoms with E-state index in [4.69, 9.17) is 0 Å². The Labute approximate surface area is 148 Å². The molecule has 0 unspecified atom stereocenters. The summed E-state index contributed by atoms with van der Waals surface area (Å²) in [5.74, 6) is 0. The molecule has 0 aliphatic carbocycles. The first-order valence-electron chi connectivity index (χ1n) is 8.86. The number of fused-ring (bicyclic) bond motifs is 1. The van der Waals surface area contributed by atoms with Crippen molar-refractivity contribution in [2.24, 2.45) is 0 Å². The van der Waals surface area contributed by atoms with E-state index < -0.39 is 0 Å². The van der Waals surface area contributed by atoms with Gasteiger partial charge in [0.05, 0.1) is 0 Å².